The second-order valence-electron chi connectivity index (χ2n) is 6.25. The van der Waals surface area contributed by atoms with Crippen LogP contribution in [0.1, 0.15) is 29.3 Å². The number of nitrogens with zero attached hydrogens (tertiary/aromatic N) is 1. The molecule has 2 amide bonds. The van der Waals surface area contributed by atoms with Crippen molar-refractivity contribution in [2.75, 3.05) is 19.0 Å². The number of ether oxygens (including phenoxy) is 2. The molecule has 0 saturated carbocycles. The molecule has 8 heteroatoms. The highest BCUT2D eigenvalue weighted by atomic mass is 16.5. The molecule has 0 atom stereocenters. The molecule has 2 aromatic carbocycles. The Kier molecular flexibility index (Phi) is 7.90. The van der Waals surface area contributed by atoms with Crippen molar-refractivity contribution in [1.82, 2.24) is 5.43 Å². The molecule has 2 N–H and O–H groups in total. The number of benzene rings is 2. The molecule has 29 heavy (non-hydrogen) atoms. The molecule has 0 aliphatic carbocycles. The number of hydrogen-bond donors (Lipinski definition) is 2. The molecule has 0 spiro atoms. The van der Waals surface area contributed by atoms with Gasteiger partial charge in [0, 0.05) is 5.71 Å². The maximum Gasteiger partial charge on any atom is 0.339 e. The Morgan fingerprint density at radius 3 is 2.52 bits per heavy atom. The van der Waals surface area contributed by atoms with E-state index in [0.29, 0.717) is 17.1 Å². The lowest BCUT2D eigenvalue weighted by atomic mass is 10.1. The summed E-state index contributed by atoms with van der Waals surface area (Å²) in [7, 11) is 1.27. The van der Waals surface area contributed by atoms with Crippen LogP contribution in [0.4, 0.5) is 5.69 Å². The number of nitrogens with one attached hydrogen (secondary N) is 2. The van der Waals surface area contributed by atoms with Crippen molar-refractivity contribution >= 4 is 29.2 Å². The van der Waals surface area contributed by atoms with Crippen molar-refractivity contribution in [2.45, 2.75) is 20.3 Å². The van der Waals surface area contributed by atoms with Crippen molar-refractivity contribution in [3.63, 3.8) is 0 Å². The van der Waals surface area contributed by atoms with Gasteiger partial charge in [0.25, 0.3) is 5.91 Å². The number of amides is 2. The molecule has 8 nitrogen and oxygen atoms in total. The predicted octanol–water partition coefficient (Wildman–Crippen LogP) is 2.68. The Bertz CT molecular complexity index is 924. The summed E-state index contributed by atoms with van der Waals surface area (Å²) in [6, 6.07) is 13.8. The van der Waals surface area contributed by atoms with Crippen LogP contribution in [0.25, 0.3) is 0 Å². The van der Waals surface area contributed by atoms with E-state index in [1.165, 1.54) is 7.11 Å². The van der Waals surface area contributed by atoms with Gasteiger partial charge in [0.15, 0.2) is 6.61 Å². The van der Waals surface area contributed by atoms with Gasteiger partial charge in [-0.25, -0.2) is 10.2 Å². The van der Waals surface area contributed by atoms with Crippen LogP contribution in [0, 0.1) is 6.92 Å². The Labute approximate surface area is 168 Å². The number of para-hydroxylation sites is 1. The molecular formula is C21H23N3O5. The summed E-state index contributed by atoms with van der Waals surface area (Å²) in [4.78, 5) is 35.8. The molecule has 0 bridgehead atoms. The van der Waals surface area contributed by atoms with Crippen molar-refractivity contribution in [3.05, 3.63) is 59.7 Å². The first-order chi connectivity index (χ1) is 13.9. The minimum atomic E-state index is -0.549. The third kappa shape index (κ3) is 7.10. The summed E-state index contributed by atoms with van der Waals surface area (Å²) in [5, 5.41) is 6.53. The molecule has 0 heterocycles. The van der Waals surface area contributed by atoms with Gasteiger partial charge in [-0.15, -0.1) is 0 Å². The van der Waals surface area contributed by atoms with Crippen LogP contribution in [0.3, 0.4) is 0 Å². The largest absolute Gasteiger partial charge is 0.484 e. The summed E-state index contributed by atoms with van der Waals surface area (Å²) in [6.45, 7) is 3.33. The topological polar surface area (TPSA) is 106 Å². The summed E-state index contributed by atoms with van der Waals surface area (Å²) in [6.07, 6.45) is -0.0610. The third-order valence-corrected chi connectivity index (χ3v) is 3.75. The highest BCUT2D eigenvalue weighted by Crippen LogP contribution is 2.16. The number of rotatable bonds is 8. The second-order valence-corrected chi connectivity index (χ2v) is 6.25. The van der Waals surface area contributed by atoms with Gasteiger partial charge in [0.05, 0.1) is 24.8 Å². The van der Waals surface area contributed by atoms with E-state index >= 15 is 0 Å². The molecule has 0 saturated heterocycles. The molecule has 0 aromatic heterocycles. The first-order valence-corrected chi connectivity index (χ1v) is 8.87. The quantitative estimate of drug-likeness (QED) is 0.405. The normalized spacial score (nSPS) is 10.8. The SMILES string of the molecule is COC(=O)c1ccccc1NC(=O)C/C(C)=N/NC(=O)COc1cccc(C)c1. The Morgan fingerprint density at radius 2 is 1.79 bits per heavy atom. The van der Waals surface area contributed by atoms with E-state index in [1.54, 1.807) is 37.3 Å². The van der Waals surface area contributed by atoms with E-state index in [4.69, 9.17) is 9.47 Å². The van der Waals surface area contributed by atoms with Gasteiger partial charge in [0.1, 0.15) is 5.75 Å². The highest BCUT2D eigenvalue weighted by Gasteiger charge is 2.13. The molecular weight excluding hydrogens is 374 g/mol. The van der Waals surface area contributed by atoms with Gasteiger partial charge >= 0.3 is 5.97 Å². The maximum atomic E-state index is 12.2. The fourth-order valence-electron chi connectivity index (χ4n) is 2.39. The van der Waals surface area contributed by atoms with Crippen LogP contribution >= 0.6 is 0 Å². The lowest BCUT2D eigenvalue weighted by molar-refractivity contribution is -0.123. The highest BCUT2D eigenvalue weighted by molar-refractivity contribution is 6.08. The van der Waals surface area contributed by atoms with E-state index in [1.807, 2.05) is 25.1 Å². The fraction of sp³-hybridized carbons (Fsp3) is 0.238. The van der Waals surface area contributed by atoms with Gasteiger partial charge in [-0.1, -0.05) is 24.3 Å². The average molecular weight is 397 g/mol. The second kappa shape index (κ2) is 10.6. The third-order valence-electron chi connectivity index (χ3n) is 3.75. The number of esters is 1. The zero-order valence-electron chi connectivity index (χ0n) is 16.5. The first kappa shape index (κ1) is 21.6. The number of hydrazone groups is 1. The number of aryl methyl sites for hydroxylation is 1. The number of carbonyl (C=O) groups is 3. The Hall–Kier alpha value is -3.68. The average Bonchev–Trinajstić information content (AvgIpc) is 2.70. The molecule has 2 aromatic rings. The molecule has 0 aliphatic heterocycles. The van der Waals surface area contributed by atoms with Crippen LogP contribution in [0.2, 0.25) is 0 Å². The number of hydrogen-bond acceptors (Lipinski definition) is 6. The van der Waals surface area contributed by atoms with Crippen molar-refractivity contribution in [3.8, 4) is 5.75 Å². The zero-order chi connectivity index (χ0) is 21.2. The summed E-state index contributed by atoms with van der Waals surface area (Å²) >= 11 is 0. The number of methoxy groups -OCH3 is 1. The van der Waals surface area contributed by atoms with Crippen molar-refractivity contribution in [1.29, 1.82) is 0 Å². The predicted molar refractivity (Wildman–Crippen MR) is 109 cm³/mol. The van der Waals surface area contributed by atoms with E-state index in [0.717, 1.165) is 5.56 Å². The zero-order valence-corrected chi connectivity index (χ0v) is 16.5. The summed E-state index contributed by atoms with van der Waals surface area (Å²) in [5.74, 6) is -0.785. The molecule has 0 radical (unpaired) electrons. The molecule has 152 valence electrons. The van der Waals surface area contributed by atoms with Gasteiger partial charge in [-0.3, -0.25) is 9.59 Å². The van der Waals surface area contributed by atoms with Crippen LogP contribution in [0.15, 0.2) is 53.6 Å². The molecule has 0 aliphatic rings. The van der Waals surface area contributed by atoms with Gasteiger partial charge in [-0.05, 0) is 43.7 Å². The smallest absolute Gasteiger partial charge is 0.339 e. The van der Waals surface area contributed by atoms with Gasteiger partial charge < -0.3 is 14.8 Å². The lowest BCUT2D eigenvalue weighted by Gasteiger charge is -2.09. The molecule has 0 unspecified atom stereocenters. The standard InChI is InChI=1S/C21H23N3O5/c1-14-7-6-8-16(11-14)29-13-20(26)24-23-15(2)12-19(25)22-18-10-5-4-9-17(18)21(27)28-3/h4-11H,12-13H2,1-3H3,(H,22,25)(H,24,26)/b23-15+. The number of carbonyl (C=O) groups excluding carboxylic acids is 3. The first-order valence-electron chi connectivity index (χ1n) is 8.87. The van der Waals surface area contributed by atoms with E-state index in [-0.39, 0.29) is 24.5 Å². The van der Waals surface area contributed by atoms with Crippen molar-refractivity contribution in [2.24, 2.45) is 5.10 Å². The Balaban J connectivity index is 1.84. The Morgan fingerprint density at radius 1 is 1.03 bits per heavy atom. The molecule has 0 fully saturated rings. The molecule has 2 rings (SSSR count). The van der Waals surface area contributed by atoms with Gasteiger partial charge in [-0.2, -0.15) is 5.10 Å². The van der Waals surface area contributed by atoms with Crippen molar-refractivity contribution < 1.29 is 23.9 Å². The number of anilines is 1. The summed E-state index contributed by atoms with van der Waals surface area (Å²) in [5.41, 5.74) is 4.35. The maximum absolute atomic E-state index is 12.2. The fourth-order valence-corrected chi connectivity index (χ4v) is 2.39. The monoisotopic (exact) mass is 397 g/mol. The minimum Gasteiger partial charge on any atom is -0.484 e. The van der Waals surface area contributed by atoms with E-state index in [2.05, 4.69) is 15.8 Å². The van der Waals surface area contributed by atoms with Crippen LogP contribution in [-0.4, -0.2) is 37.2 Å². The summed E-state index contributed by atoms with van der Waals surface area (Å²) < 4.78 is 10.1. The lowest BCUT2D eigenvalue weighted by Crippen LogP contribution is -2.26. The van der Waals surface area contributed by atoms with E-state index < -0.39 is 11.9 Å². The van der Waals surface area contributed by atoms with E-state index in [9.17, 15) is 14.4 Å². The van der Waals surface area contributed by atoms with Crippen LogP contribution < -0.4 is 15.5 Å². The van der Waals surface area contributed by atoms with Gasteiger partial charge in [0.2, 0.25) is 5.91 Å². The minimum absolute atomic E-state index is 0.0610. The van der Waals surface area contributed by atoms with Crippen LogP contribution in [-0.2, 0) is 14.3 Å². The van der Waals surface area contributed by atoms with Crippen LogP contribution in [0.5, 0.6) is 5.75 Å².